The van der Waals surface area contributed by atoms with Crippen LogP contribution >= 0.6 is 0 Å². The average Bonchev–Trinajstić information content (AvgIpc) is 2.33. The summed E-state index contributed by atoms with van der Waals surface area (Å²) >= 11 is 2.58. The van der Waals surface area contributed by atoms with Crippen LogP contribution in [0.2, 0.25) is 5.28 Å². The zero-order chi connectivity index (χ0) is 12.9. The number of hydrogen-bond donors (Lipinski definition) is 0. The molecule has 0 aliphatic heterocycles. The molecule has 0 aromatic heterocycles. The van der Waals surface area contributed by atoms with Crippen molar-refractivity contribution in [2.75, 3.05) is 0 Å². The molecule has 0 aromatic rings. The van der Waals surface area contributed by atoms with Crippen LogP contribution in [0.25, 0.3) is 0 Å². The van der Waals surface area contributed by atoms with Crippen molar-refractivity contribution in [3.8, 4) is 0 Å². The van der Waals surface area contributed by atoms with E-state index >= 15 is 0 Å². The Morgan fingerprint density at radius 3 is 1.12 bits per heavy atom. The Labute approximate surface area is 115 Å². The fourth-order valence-corrected chi connectivity index (χ4v) is 2.13. The van der Waals surface area contributed by atoms with E-state index in [1.165, 1.54) is 43.8 Å². The largest absolute Gasteiger partial charge is 0.852 e. The molecule has 0 spiro atoms. The van der Waals surface area contributed by atoms with Crippen molar-refractivity contribution in [1.29, 1.82) is 0 Å². The zero-order valence-electron chi connectivity index (χ0n) is 11.3. The Kier molecular flexibility index (Phi) is 13.2. The molecule has 0 heterocycles. The zero-order valence-corrected chi connectivity index (χ0v) is 12.5. The van der Waals surface area contributed by atoms with E-state index in [0.717, 1.165) is 25.7 Å². The average molecular weight is 254 g/mol. The van der Waals surface area contributed by atoms with E-state index in [1.807, 2.05) is 0 Å². The van der Waals surface area contributed by atoms with Gasteiger partial charge in [0.15, 0.2) is 0 Å². The van der Waals surface area contributed by atoms with E-state index in [0.29, 0.717) is 0 Å². The summed E-state index contributed by atoms with van der Waals surface area (Å²) in [5.74, 6) is 0. The molecule has 3 heteroatoms. The van der Waals surface area contributed by atoms with Gasteiger partial charge in [-0.1, -0.05) is 64.2 Å². The van der Waals surface area contributed by atoms with E-state index in [-0.39, 0.29) is 12.2 Å². The maximum atomic E-state index is 10.5. The molecule has 98 valence electrons. The fraction of sp³-hybridized carbons (Fsp3) is 1.00. The summed E-state index contributed by atoms with van der Waals surface area (Å²) in [5.41, 5.74) is 0. The predicted octanol–water partition coefficient (Wildman–Crippen LogP) is 1.95. The van der Waals surface area contributed by atoms with Crippen LogP contribution in [-0.4, -0.2) is 28.5 Å². The van der Waals surface area contributed by atoms with Crippen LogP contribution in [0.3, 0.4) is 0 Å². The molecular weight excluding hydrogens is 227 g/mol. The van der Waals surface area contributed by atoms with Gasteiger partial charge in [-0.15, -0.1) is 12.2 Å². The molecule has 0 amide bonds. The Morgan fingerprint density at radius 1 is 0.765 bits per heavy atom. The van der Waals surface area contributed by atoms with E-state index < -0.39 is 0 Å². The molecule has 0 unspecified atom stereocenters. The second kappa shape index (κ2) is 12.9. The molecule has 2 saturated carbocycles. The van der Waals surface area contributed by atoms with Gasteiger partial charge in [0, 0.05) is 0 Å². The van der Waals surface area contributed by atoms with Crippen LogP contribution in [0, 0.1) is 0 Å². The second-order valence-corrected chi connectivity index (χ2v) is 5.74. The summed E-state index contributed by atoms with van der Waals surface area (Å²) in [6.07, 6.45) is 10.6. The second-order valence-electron chi connectivity index (χ2n) is 4.93. The first-order valence-electron chi connectivity index (χ1n) is 7.22. The van der Waals surface area contributed by atoms with Crippen molar-refractivity contribution in [2.24, 2.45) is 0 Å². The van der Waals surface area contributed by atoms with Crippen LogP contribution in [0.5, 0.6) is 0 Å². The molecule has 17 heavy (non-hydrogen) atoms. The third kappa shape index (κ3) is 12.7. The van der Waals surface area contributed by atoms with Gasteiger partial charge < -0.3 is 10.2 Å². The Balaban J connectivity index is 0.000000247. The van der Waals surface area contributed by atoms with Gasteiger partial charge >= 0.3 is 28.5 Å². The summed E-state index contributed by atoms with van der Waals surface area (Å²) in [6, 6.07) is 0. The van der Waals surface area contributed by atoms with Crippen molar-refractivity contribution in [2.45, 2.75) is 88.6 Å². The van der Waals surface area contributed by atoms with Crippen LogP contribution in [0.4, 0.5) is 0 Å². The molecule has 2 fully saturated rings. The van der Waals surface area contributed by atoms with Gasteiger partial charge in [0.05, 0.1) is 0 Å². The van der Waals surface area contributed by atoms with Gasteiger partial charge in [-0.25, -0.2) is 0 Å². The first-order chi connectivity index (χ1) is 8.20. The number of hydrogen-bond acceptors (Lipinski definition) is 2. The Morgan fingerprint density at radius 2 is 1.00 bits per heavy atom. The van der Waals surface area contributed by atoms with Gasteiger partial charge in [0.2, 0.25) is 0 Å². The molecule has 0 radical (unpaired) electrons. The molecule has 0 aromatic carbocycles. The summed E-state index contributed by atoms with van der Waals surface area (Å²) in [5, 5.41) is 22.3. The van der Waals surface area contributed by atoms with Crippen molar-refractivity contribution in [3.63, 3.8) is 0 Å². The summed E-state index contributed by atoms with van der Waals surface area (Å²) in [4.78, 5) is 0. The van der Waals surface area contributed by atoms with Gasteiger partial charge in [-0.05, 0) is 0 Å². The van der Waals surface area contributed by atoms with Gasteiger partial charge in [-0.3, -0.25) is 0 Å². The smallest absolute Gasteiger partial charge is 0.0534 e. The molecule has 0 atom stereocenters. The normalized spacial score (nSPS) is 21.9. The third-order valence-corrected chi connectivity index (χ3v) is 3.10. The topological polar surface area (TPSA) is 46.1 Å². The van der Waals surface area contributed by atoms with E-state index in [4.69, 9.17) is 0 Å². The summed E-state index contributed by atoms with van der Waals surface area (Å²) < 4.78 is 0. The van der Waals surface area contributed by atoms with Crippen LogP contribution in [-0.2, 0) is 0 Å². The van der Waals surface area contributed by atoms with Gasteiger partial charge in [0.1, 0.15) is 0 Å². The van der Waals surface area contributed by atoms with Crippen molar-refractivity contribution in [1.82, 2.24) is 0 Å². The first kappa shape index (κ1) is 17.5. The maximum absolute atomic E-state index is 10.5. The molecule has 2 aliphatic rings. The molecule has 0 bridgehead atoms. The minimum atomic E-state index is -0.214. The minimum absolute atomic E-state index is 0.214. The molecular formula is C14H27AlO2. The molecule has 2 nitrogen and oxygen atoms in total. The van der Waals surface area contributed by atoms with E-state index in [2.05, 4.69) is 23.2 Å². The standard InChI is InChI=1S/2C6H11O.C2H5.Al/c2*7-6-4-2-1-3-5-6;1-2;/h2*6H,1-5H2;1H2,2H3;/q2*-1;;+2. The van der Waals surface area contributed by atoms with Crippen LogP contribution in [0.15, 0.2) is 0 Å². The first-order valence-corrected chi connectivity index (χ1v) is 8.04. The Bertz CT molecular complexity index is 125. The monoisotopic (exact) mass is 254 g/mol. The van der Waals surface area contributed by atoms with Gasteiger partial charge in [-0.2, -0.15) is 0 Å². The molecule has 2 aliphatic carbocycles. The van der Waals surface area contributed by atoms with Crippen LogP contribution in [0.1, 0.15) is 71.1 Å². The van der Waals surface area contributed by atoms with Gasteiger partial charge in [0.25, 0.3) is 0 Å². The number of rotatable bonds is 0. The predicted molar refractivity (Wildman–Crippen MR) is 70.0 cm³/mol. The quantitative estimate of drug-likeness (QED) is 0.620. The molecule has 0 saturated heterocycles. The third-order valence-electron chi connectivity index (χ3n) is 3.10. The van der Waals surface area contributed by atoms with E-state index in [9.17, 15) is 10.2 Å². The summed E-state index contributed by atoms with van der Waals surface area (Å²) in [6.45, 7) is 2.09. The van der Waals surface area contributed by atoms with Crippen molar-refractivity contribution < 1.29 is 10.2 Å². The fourth-order valence-electron chi connectivity index (χ4n) is 2.13. The van der Waals surface area contributed by atoms with Crippen LogP contribution < -0.4 is 10.2 Å². The molecule has 0 N–H and O–H groups in total. The summed E-state index contributed by atoms with van der Waals surface area (Å²) in [7, 11) is 0. The molecule has 2 rings (SSSR count). The SMILES string of the molecule is C[CH2][Al+2].[O-]C1CCCCC1.[O-]C1CCCCC1. The maximum Gasteiger partial charge on any atom is -0.0534 e. The Hall–Kier alpha value is 0.452. The van der Waals surface area contributed by atoms with E-state index in [1.54, 1.807) is 0 Å². The minimum Gasteiger partial charge on any atom is -0.852 e. The van der Waals surface area contributed by atoms with Crippen molar-refractivity contribution >= 4 is 16.3 Å². The van der Waals surface area contributed by atoms with Crippen molar-refractivity contribution in [3.05, 3.63) is 0 Å².